The lowest BCUT2D eigenvalue weighted by atomic mass is 10.1. The maximum Gasteiger partial charge on any atom is 0.163 e. The van der Waals surface area contributed by atoms with Crippen molar-refractivity contribution in [2.75, 3.05) is 7.11 Å². The molecule has 0 N–H and O–H groups in total. The number of rotatable bonds is 5. The number of methoxy groups -OCH3 is 1. The van der Waals surface area contributed by atoms with Gasteiger partial charge in [0, 0.05) is 22.8 Å². The minimum Gasteiger partial charge on any atom is -0.497 e. The van der Waals surface area contributed by atoms with E-state index in [1.165, 1.54) is 6.92 Å². The minimum atomic E-state index is -0.0951. The molecular weight excluding hydrogens is 290 g/mol. The summed E-state index contributed by atoms with van der Waals surface area (Å²) in [6.07, 6.45) is 0. The molecular formula is C16H16ClNO3. The first-order valence-electron chi connectivity index (χ1n) is 6.44. The van der Waals surface area contributed by atoms with E-state index in [9.17, 15) is 4.79 Å². The van der Waals surface area contributed by atoms with Crippen LogP contribution in [0.2, 0.25) is 5.02 Å². The number of ether oxygens (including phenoxy) is 2. The predicted octanol–water partition coefficient (Wildman–Crippen LogP) is 3.83. The summed E-state index contributed by atoms with van der Waals surface area (Å²) in [6, 6.07) is 8.62. The number of Topliss-reactive ketones (excluding diaryl/α,β-unsaturated/α-hetero) is 1. The van der Waals surface area contributed by atoms with Crippen molar-refractivity contribution in [3.8, 4) is 11.5 Å². The average Bonchev–Trinajstić information content (AvgIpc) is 2.45. The van der Waals surface area contributed by atoms with E-state index >= 15 is 0 Å². The second-order valence-electron chi connectivity index (χ2n) is 4.63. The Balaban J connectivity index is 2.20. The molecule has 2 aromatic rings. The summed E-state index contributed by atoms with van der Waals surface area (Å²) in [6.45, 7) is 3.61. The van der Waals surface area contributed by atoms with Crippen LogP contribution in [0.1, 0.15) is 28.7 Å². The van der Waals surface area contributed by atoms with Crippen molar-refractivity contribution in [2.45, 2.75) is 20.5 Å². The van der Waals surface area contributed by atoms with Crippen LogP contribution in [-0.4, -0.2) is 17.9 Å². The van der Waals surface area contributed by atoms with Crippen LogP contribution in [0.15, 0.2) is 30.3 Å². The SMILES string of the molecule is COc1cc(C)nc(COc2ccc(Cl)cc2C(C)=O)c1. The second kappa shape index (κ2) is 6.59. The highest BCUT2D eigenvalue weighted by Crippen LogP contribution is 2.24. The molecule has 1 aromatic carbocycles. The normalized spacial score (nSPS) is 10.3. The van der Waals surface area contributed by atoms with E-state index in [0.29, 0.717) is 16.3 Å². The van der Waals surface area contributed by atoms with Gasteiger partial charge >= 0.3 is 0 Å². The molecule has 0 bridgehead atoms. The quantitative estimate of drug-likeness (QED) is 0.788. The highest BCUT2D eigenvalue weighted by Gasteiger charge is 2.10. The van der Waals surface area contributed by atoms with Crippen LogP contribution in [0, 0.1) is 6.92 Å². The molecule has 1 aromatic heterocycles. The first-order chi connectivity index (χ1) is 9.99. The van der Waals surface area contributed by atoms with Crippen LogP contribution in [0.4, 0.5) is 0 Å². The van der Waals surface area contributed by atoms with Gasteiger partial charge in [0.25, 0.3) is 0 Å². The molecule has 110 valence electrons. The van der Waals surface area contributed by atoms with Gasteiger partial charge in [-0.05, 0) is 32.0 Å². The van der Waals surface area contributed by atoms with Gasteiger partial charge in [0.1, 0.15) is 18.1 Å². The van der Waals surface area contributed by atoms with Crippen molar-refractivity contribution in [3.63, 3.8) is 0 Å². The number of carbonyl (C=O) groups is 1. The van der Waals surface area contributed by atoms with E-state index in [4.69, 9.17) is 21.1 Å². The number of pyridine rings is 1. The number of hydrogen-bond donors (Lipinski definition) is 0. The first-order valence-corrected chi connectivity index (χ1v) is 6.82. The summed E-state index contributed by atoms with van der Waals surface area (Å²) in [5, 5.41) is 0.503. The molecule has 0 aliphatic carbocycles. The third-order valence-corrected chi connectivity index (χ3v) is 3.15. The van der Waals surface area contributed by atoms with Crippen molar-refractivity contribution >= 4 is 17.4 Å². The summed E-state index contributed by atoms with van der Waals surface area (Å²) < 4.78 is 10.9. The van der Waals surface area contributed by atoms with Crippen molar-refractivity contribution < 1.29 is 14.3 Å². The average molecular weight is 306 g/mol. The largest absolute Gasteiger partial charge is 0.497 e. The molecule has 2 rings (SSSR count). The van der Waals surface area contributed by atoms with Crippen LogP contribution >= 0.6 is 11.6 Å². The molecule has 21 heavy (non-hydrogen) atoms. The number of nitrogens with zero attached hydrogens (tertiary/aromatic N) is 1. The Bertz CT molecular complexity index is 671. The van der Waals surface area contributed by atoms with Crippen LogP contribution in [0.3, 0.4) is 0 Å². The van der Waals surface area contributed by atoms with Gasteiger partial charge in [0.2, 0.25) is 0 Å². The Hall–Kier alpha value is -2.07. The minimum absolute atomic E-state index is 0.0951. The topological polar surface area (TPSA) is 48.4 Å². The zero-order chi connectivity index (χ0) is 15.4. The fraction of sp³-hybridized carbons (Fsp3) is 0.250. The van der Waals surface area contributed by atoms with Crippen LogP contribution < -0.4 is 9.47 Å². The van der Waals surface area contributed by atoms with E-state index in [1.54, 1.807) is 31.4 Å². The molecule has 0 amide bonds. The summed E-state index contributed by atoms with van der Waals surface area (Å²) in [7, 11) is 1.60. The van der Waals surface area contributed by atoms with Gasteiger partial charge in [-0.15, -0.1) is 0 Å². The van der Waals surface area contributed by atoms with E-state index in [-0.39, 0.29) is 12.4 Å². The Morgan fingerprint density at radius 2 is 2.05 bits per heavy atom. The van der Waals surface area contributed by atoms with E-state index < -0.39 is 0 Å². The molecule has 4 nitrogen and oxygen atoms in total. The third-order valence-electron chi connectivity index (χ3n) is 2.91. The van der Waals surface area contributed by atoms with Crippen molar-refractivity contribution in [1.29, 1.82) is 0 Å². The number of aromatic nitrogens is 1. The second-order valence-corrected chi connectivity index (χ2v) is 5.06. The Morgan fingerprint density at radius 1 is 1.29 bits per heavy atom. The van der Waals surface area contributed by atoms with Gasteiger partial charge in [-0.1, -0.05) is 11.6 Å². The standard InChI is InChI=1S/C16H16ClNO3/c1-10-6-14(20-3)8-13(18-10)9-21-16-5-4-12(17)7-15(16)11(2)19/h4-8H,9H2,1-3H3. The van der Waals surface area contributed by atoms with Gasteiger partial charge in [0.15, 0.2) is 5.78 Å². The molecule has 0 spiro atoms. The fourth-order valence-corrected chi connectivity index (χ4v) is 2.12. The molecule has 0 radical (unpaired) electrons. The summed E-state index contributed by atoms with van der Waals surface area (Å²) >= 11 is 5.90. The number of carbonyl (C=O) groups excluding carboxylic acids is 1. The zero-order valence-electron chi connectivity index (χ0n) is 12.1. The molecule has 0 atom stereocenters. The van der Waals surface area contributed by atoms with Gasteiger partial charge in [-0.2, -0.15) is 0 Å². The summed E-state index contributed by atoms with van der Waals surface area (Å²) in [5.74, 6) is 1.13. The van der Waals surface area contributed by atoms with Crippen molar-refractivity contribution in [3.05, 3.63) is 52.3 Å². The molecule has 0 fully saturated rings. The third kappa shape index (κ3) is 3.95. The van der Waals surface area contributed by atoms with Crippen LogP contribution in [-0.2, 0) is 6.61 Å². The molecule has 0 aliphatic rings. The fourth-order valence-electron chi connectivity index (χ4n) is 1.95. The monoisotopic (exact) mass is 305 g/mol. The molecule has 0 unspecified atom stereocenters. The number of aryl methyl sites for hydroxylation is 1. The van der Waals surface area contributed by atoms with Crippen LogP contribution in [0.5, 0.6) is 11.5 Å². The van der Waals surface area contributed by atoms with E-state index in [2.05, 4.69) is 4.98 Å². The van der Waals surface area contributed by atoms with Crippen molar-refractivity contribution in [1.82, 2.24) is 4.98 Å². The number of hydrogen-bond acceptors (Lipinski definition) is 4. The molecule has 0 aliphatic heterocycles. The smallest absolute Gasteiger partial charge is 0.163 e. The lowest BCUT2D eigenvalue weighted by Gasteiger charge is -2.11. The highest BCUT2D eigenvalue weighted by atomic mass is 35.5. The Labute approximate surface area is 128 Å². The number of halogens is 1. The summed E-state index contributed by atoms with van der Waals surface area (Å²) in [4.78, 5) is 16.0. The molecule has 1 heterocycles. The predicted molar refractivity (Wildman–Crippen MR) is 81.3 cm³/mol. The molecule has 0 saturated heterocycles. The van der Waals surface area contributed by atoms with Crippen molar-refractivity contribution in [2.24, 2.45) is 0 Å². The van der Waals surface area contributed by atoms with Gasteiger partial charge < -0.3 is 9.47 Å². The Kier molecular flexibility index (Phi) is 4.81. The Morgan fingerprint density at radius 3 is 2.71 bits per heavy atom. The first kappa shape index (κ1) is 15.3. The van der Waals surface area contributed by atoms with Gasteiger partial charge in [-0.25, -0.2) is 0 Å². The van der Waals surface area contributed by atoms with Gasteiger partial charge in [-0.3, -0.25) is 9.78 Å². The number of ketones is 1. The van der Waals surface area contributed by atoms with E-state index in [1.807, 2.05) is 13.0 Å². The summed E-state index contributed by atoms with van der Waals surface area (Å²) in [5.41, 5.74) is 2.04. The molecule has 5 heteroatoms. The lowest BCUT2D eigenvalue weighted by Crippen LogP contribution is -2.04. The zero-order valence-corrected chi connectivity index (χ0v) is 12.9. The van der Waals surface area contributed by atoms with Gasteiger partial charge in [0.05, 0.1) is 18.4 Å². The maximum atomic E-state index is 11.6. The van der Waals surface area contributed by atoms with Crippen LogP contribution in [0.25, 0.3) is 0 Å². The number of benzene rings is 1. The highest BCUT2D eigenvalue weighted by molar-refractivity contribution is 6.31. The maximum absolute atomic E-state index is 11.6. The lowest BCUT2D eigenvalue weighted by molar-refractivity contribution is 0.101. The van der Waals surface area contributed by atoms with E-state index in [0.717, 1.165) is 17.1 Å². The molecule has 0 saturated carbocycles.